The van der Waals surface area contributed by atoms with Gasteiger partial charge in [-0.2, -0.15) is 0 Å². The summed E-state index contributed by atoms with van der Waals surface area (Å²) in [5.41, 5.74) is 8.50. The lowest BCUT2D eigenvalue weighted by Crippen LogP contribution is -2.17. The lowest BCUT2D eigenvalue weighted by atomic mass is 9.91. The van der Waals surface area contributed by atoms with E-state index in [-0.39, 0.29) is 5.92 Å². The van der Waals surface area contributed by atoms with Crippen LogP contribution in [0.3, 0.4) is 0 Å². The Morgan fingerprint density at radius 2 is 1.63 bits per heavy atom. The summed E-state index contributed by atoms with van der Waals surface area (Å²) in [4.78, 5) is 26.3. The first-order valence-electron chi connectivity index (χ1n) is 13.2. The standard InChI is InChI=1S/C33H31FNO5P/c1-22(2)33-29(16-17-41(39,40)21-27(36)19-32(37)38)30(24-12-14-26(34)15-13-24)20-31(35-33)28-11-7-6-10-25(28)18-23-8-4-3-5-9-23/h3-15,20,22,27,36H,18-19,21H2,1-2H3,(H,37,38)(H,39,40)/t27-/m0/s1. The first kappa shape index (κ1) is 29.9. The van der Waals surface area contributed by atoms with Gasteiger partial charge in [0.05, 0.1) is 35.6 Å². The third-order valence-electron chi connectivity index (χ3n) is 6.50. The highest BCUT2D eigenvalue weighted by atomic mass is 31.2. The van der Waals surface area contributed by atoms with E-state index in [1.807, 2.05) is 56.3 Å². The number of hydrogen-bond donors (Lipinski definition) is 3. The van der Waals surface area contributed by atoms with Gasteiger partial charge in [0.1, 0.15) is 5.82 Å². The van der Waals surface area contributed by atoms with Crippen LogP contribution in [-0.4, -0.2) is 38.3 Å². The number of nitrogens with zero attached hydrogens (tertiary/aromatic N) is 1. The molecule has 0 aliphatic heterocycles. The lowest BCUT2D eigenvalue weighted by Gasteiger charge is -2.18. The minimum absolute atomic E-state index is 0.129. The Morgan fingerprint density at radius 3 is 2.29 bits per heavy atom. The molecule has 0 radical (unpaired) electrons. The number of benzene rings is 3. The van der Waals surface area contributed by atoms with Crippen LogP contribution in [0, 0.1) is 17.4 Å². The molecule has 0 saturated carbocycles. The maximum absolute atomic E-state index is 13.9. The maximum Gasteiger partial charge on any atom is 0.305 e. The summed E-state index contributed by atoms with van der Waals surface area (Å²) in [7, 11) is -4.22. The second-order valence-corrected chi connectivity index (χ2v) is 12.2. The van der Waals surface area contributed by atoms with Crippen molar-refractivity contribution in [3.63, 3.8) is 0 Å². The summed E-state index contributed by atoms with van der Waals surface area (Å²) in [6.45, 7) is 3.88. The smallest absolute Gasteiger partial charge is 0.305 e. The Labute approximate surface area is 239 Å². The second-order valence-electron chi connectivity index (χ2n) is 10.2. The summed E-state index contributed by atoms with van der Waals surface area (Å²) in [6.07, 6.45) is -2.16. The van der Waals surface area contributed by atoms with Crippen LogP contribution in [0.2, 0.25) is 0 Å². The molecule has 3 aromatic carbocycles. The predicted octanol–water partition coefficient (Wildman–Crippen LogP) is 6.68. The van der Waals surface area contributed by atoms with Gasteiger partial charge in [0.15, 0.2) is 0 Å². The molecule has 1 heterocycles. The Bertz CT molecular complexity index is 1640. The van der Waals surface area contributed by atoms with Crippen molar-refractivity contribution >= 4 is 13.3 Å². The van der Waals surface area contributed by atoms with E-state index in [4.69, 9.17) is 10.1 Å². The third-order valence-corrected chi connectivity index (χ3v) is 7.88. The molecule has 3 N–H and O–H groups in total. The predicted molar refractivity (Wildman–Crippen MR) is 158 cm³/mol. The normalized spacial score (nSPS) is 13.2. The molecule has 4 rings (SSSR count). The van der Waals surface area contributed by atoms with Crippen molar-refractivity contribution in [1.82, 2.24) is 4.98 Å². The molecular weight excluding hydrogens is 540 g/mol. The summed E-state index contributed by atoms with van der Waals surface area (Å²) in [6, 6.07) is 25.8. The molecule has 41 heavy (non-hydrogen) atoms. The molecule has 6 nitrogen and oxygen atoms in total. The first-order chi connectivity index (χ1) is 19.5. The number of aliphatic hydroxyl groups excluding tert-OH is 1. The van der Waals surface area contributed by atoms with E-state index in [2.05, 4.69) is 29.8 Å². The fraction of sp³-hybridized carbons (Fsp3) is 0.212. The highest BCUT2D eigenvalue weighted by Crippen LogP contribution is 2.41. The van der Waals surface area contributed by atoms with Gasteiger partial charge < -0.3 is 15.1 Å². The number of halogens is 1. The number of carboxylic acids is 1. The maximum atomic E-state index is 13.9. The zero-order valence-corrected chi connectivity index (χ0v) is 23.7. The molecule has 2 atom stereocenters. The number of aliphatic carboxylic acids is 1. The van der Waals surface area contributed by atoms with Crippen LogP contribution in [0.1, 0.15) is 48.6 Å². The van der Waals surface area contributed by atoms with Gasteiger partial charge in [-0.3, -0.25) is 14.3 Å². The highest BCUT2D eigenvalue weighted by Gasteiger charge is 2.24. The van der Waals surface area contributed by atoms with E-state index in [1.54, 1.807) is 12.1 Å². The fourth-order valence-corrected chi connectivity index (χ4v) is 5.67. The zero-order chi connectivity index (χ0) is 29.6. The molecule has 0 bridgehead atoms. The third kappa shape index (κ3) is 7.99. The number of aromatic nitrogens is 1. The van der Waals surface area contributed by atoms with Gasteiger partial charge in [0.25, 0.3) is 7.37 Å². The van der Waals surface area contributed by atoms with Gasteiger partial charge in [0.2, 0.25) is 0 Å². The summed E-state index contributed by atoms with van der Waals surface area (Å²) < 4.78 is 26.7. The van der Waals surface area contributed by atoms with Crippen molar-refractivity contribution in [2.24, 2.45) is 0 Å². The molecule has 0 fully saturated rings. The van der Waals surface area contributed by atoms with E-state index < -0.39 is 37.8 Å². The van der Waals surface area contributed by atoms with Crippen molar-refractivity contribution in [3.05, 3.63) is 113 Å². The van der Waals surface area contributed by atoms with E-state index >= 15 is 0 Å². The summed E-state index contributed by atoms with van der Waals surface area (Å²) >= 11 is 0. The SMILES string of the molecule is CC(C)c1nc(-c2ccccc2Cc2ccccc2)cc(-c2ccc(F)cc2)c1C#CP(=O)(O)C[C@@H](O)CC(=O)O. The van der Waals surface area contributed by atoms with Crippen molar-refractivity contribution in [1.29, 1.82) is 0 Å². The van der Waals surface area contributed by atoms with E-state index in [9.17, 15) is 23.7 Å². The largest absolute Gasteiger partial charge is 0.481 e. The Morgan fingerprint density at radius 1 is 0.976 bits per heavy atom. The minimum atomic E-state index is -4.22. The van der Waals surface area contributed by atoms with Gasteiger partial charge >= 0.3 is 5.97 Å². The van der Waals surface area contributed by atoms with Crippen LogP contribution < -0.4 is 0 Å². The van der Waals surface area contributed by atoms with Gasteiger partial charge in [-0.1, -0.05) is 86.5 Å². The Hall–Kier alpha value is -4.08. The molecule has 8 heteroatoms. The van der Waals surface area contributed by atoms with Crippen LogP contribution in [0.5, 0.6) is 0 Å². The van der Waals surface area contributed by atoms with Gasteiger partial charge in [-0.05, 0) is 52.9 Å². The van der Waals surface area contributed by atoms with Crippen LogP contribution in [0.4, 0.5) is 4.39 Å². The molecule has 0 amide bonds. The topological polar surface area (TPSA) is 108 Å². The van der Waals surface area contributed by atoms with E-state index in [1.165, 1.54) is 12.1 Å². The van der Waals surface area contributed by atoms with Crippen molar-refractivity contribution in [3.8, 4) is 34.0 Å². The van der Waals surface area contributed by atoms with Gasteiger partial charge in [-0.15, -0.1) is 0 Å². The van der Waals surface area contributed by atoms with Gasteiger partial charge in [0, 0.05) is 11.1 Å². The average molecular weight is 572 g/mol. The zero-order valence-electron chi connectivity index (χ0n) is 22.8. The number of hydrogen-bond acceptors (Lipinski definition) is 4. The van der Waals surface area contributed by atoms with E-state index in [0.717, 1.165) is 16.7 Å². The van der Waals surface area contributed by atoms with Crippen molar-refractivity contribution in [2.45, 2.75) is 38.7 Å². The van der Waals surface area contributed by atoms with Crippen LogP contribution in [-0.2, 0) is 15.8 Å². The molecule has 1 unspecified atom stereocenters. The number of carboxylic acid groups (broad SMARTS) is 1. The number of rotatable bonds is 9. The molecule has 0 aliphatic carbocycles. The molecule has 0 aliphatic rings. The second kappa shape index (κ2) is 13.1. The highest BCUT2D eigenvalue weighted by molar-refractivity contribution is 7.63. The monoisotopic (exact) mass is 571 g/mol. The quantitative estimate of drug-likeness (QED) is 0.153. The molecule has 210 valence electrons. The molecular formula is C33H31FNO5P. The number of carbonyl (C=O) groups is 1. The molecule has 4 aromatic rings. The molecule has 1 aromatic heterocycles. The summed E-state index contributed by atoms with van der Waals surface area (Å²) in [5.74, 6) is 1.02. The van der Waals surface area contributed by atoms with Crippen LogP contribution >= 0.6 is 7.37 Å². The summed E-state index contributed by atoms with van der Waals surface area (Å²) in [5, 5.41) is 18.8. The van der Waals surface area contributed by atoms with Crippen molar-refractivity contribution < 1.29 is 28.9 Å². The Balaban J connectivity index is 1.88. The number of pyridine rings is 1. The lowest BCUT2D eigenvalue weighted by molar-refractivity contribution is -0.138. The molecule has 0 spiro atoms. The van der Waals surface area contributed by atoms with E-state index in [0.29, 0.717) is 34.5 Å². The van der Waals surface area contributed by atoms with Crippen molar-refractivity contribution in [2.75, 3.05) is 6.16 Å². The van der Waals surface area contributed by atoms with Gasteiger partial charge in [-0.25, -0.2) is 4.39 Å². The Kier molecular flexibility index (Phi) is 9.52. The molecule has 0 saturated heterocycles. The first-order valence-corrected chi connectivity index (χ1v) is 15.0. The number of aliphatic hydroxyl groups is 1. The van der Waals surface area contributed by atoms with Crippen LogP contribution in [0.25, 0.3) is 22.4 Å². The fourth-order valence-electron chi connectivity index (χ4n) is 4.59. The van der Waals surface area contributed by atoms with Crippen LogP contribution in [0.15, 0.2) is 84.9 Å². The average Bonchev–Trinajstić information content (AvgIpc) is 2.92. The minimum Gasteiger partial charge on any atom is -0.481 e.